The van der Waals surface area contributed by atoms with E-state index >= 15 is 0 Å². The average molecular weight is 819 g/mol. The molecule has 0 aliphatic rings. The van der Waals surface area contributed by atoms with Crippen LogP contribution in [0.3, 0.4) is 0 Å². The maximum Gasteiger partial charge on any atom is 0.306 e. The number of carbonyl (C=O) groups is 3. The van der Waals surface area contributed by atoms with Crippen molar-refractivity contribution in [2.45, 2.75) is 290 Å². The summed E-state index contributed by atoms with van der Waals surface area (Å²) in [5.74, 6) is -0.858. The van der Waals surface area contributed by atoms with Crippen molar-refractivity contribution in [3.63, 3.8) is 0 Å². The summed E-state index contributed by atoms with van der Waals surface area (Å²) in [4.78, 5) is 37.8. The van der Waals surface area contributed by atoms with Crippen LogP contribution in [-0.2, 0) is 28.6 Å². The summed E-state index contributed by atoms with van der Waals surface area (Å²) in [5, 5.41) is 0. The third kappa shape index (κ3) is 45.2. The first-order valence-electron chi connectivity index (χ1n) is 25.7. The van der Waals surface area contributed by atoms with Crippen LogP contribution < -0.4 is 0 Å². The highest BCUT2D eigenvalue weighted by molar-refractivity contribution is 5.71. The Bertz CT molecular complexity index is 900. The van der Waals surface area contributed by atoms with Crippen molar-refractivity contribution in [3.8, 4) is 0 Å². The Morgan fingerprint density at radius 1 is 0.328 bits per heavy atom. The first-order chi connectivity index (χ1) is 28.5. The lowest BCUT2D eigenvalue weighted by molar-refractivity contribution is -0.167. The molecule has 0 saturated heterocycles. The van der Waals surface area contributed by atoms with E-state index in [1.807, 2.05) is 0 Å². The molecule has 0 N–H and O–H groups in total. The Hall–Kier alpha value is -1.85. The van der Waals surface area contributed by atoms with Gasteiger partial charge >= 0.3 is 17.9 Å². The Morgan fingerprint density at radius 3 is 0.862 bits per heavy atom. The number of esters is 3. The Kier molecular flexibility index (Phi) is 46.3. The molecule has 0 aliphatic carbocycles. The standard InChI is InChI=1S/C52H98O6/c1-4-7-10-13-16-19-22-24-25-26-27-28-29-31-33-36-39-42-45-51(54)57-48-49(47-56-50(53)44-41-38-35-32-21-18-15-12-9-6-3)58-52(55)46-43-40-37-34-30-23-20-17-14-11-8-5-2/h25-26,49H,4-24,27-48H2,1-3H3/b26-25-. The van der Waals surface area contributed by atoms with Crippen molar-refractivity contribution < 1.29 is 28.6 Å². The lowest BCUT2D eigenvalue weighted by atomic mass is 10.0. The number of rotatable bonds is 47. The lowest BCUT2D eigenvalue weighted by Gasteiger charge is -2.18. The summed E-state index contributed by atoms with van der Waals surface area (Å²) in [6, 6.07) is 0. The van der Waals surface area contributed by atoms with Gasteiger partial charge < -0.3 is 14.2 Å². The number of unbranched alkanes of at least 4 members (excludes halogenated alkanes) is 34. The van der Waals surface area contributed by atoms with E-state index in [1.165, 1.54) is 186 Å². The Balaban J connectivity index is 4.27. The lowest BCUT2D eigenvalue weighted by Crippen LogP contribution is -2.30. The number of allylic oxidation sites excluding steroid dienone is 2. The van der Waals surface area contributed by atoms with Crippen LogP contribution in [0.25, 0.3) is 0 Å². The Morgan fingerprint density at radius 2 is 0.569 bits per heavy atom. The van der Waals surface area contributed by atoms with Gasteiger partial charge in [-0.2, -0.15) is 0 Å². The van der Waals surface area contributed by atoms with Crippen LogP contribution in [0, 0.1) is 0 Å². The minimum absolute atomic E-state index is 0.0664. The molecular formula is C52H98O6. The average Bonchev–Trinajstić information content (AvgIpc) is 3.22. The molecule has 0 spiro atoms. The molecule has 0 aliphatic heterocycles. The van der Waals surface area contributed by atoms with Crippen LogP contribution in [0.1, 0.15) is 284 Å². The highest BCUT2D eigenvalue weighted by Crippen LogP contribution is 2.16. The van der Waals surface area contributed by atoms with Gasteiger partial charge in [-0.05, 0) is 44.9 Å². The van der Waals surface area contributed by atoms with Gasteiger partial charge in [0.1, 0.15) is 13.2 Å². The smallest absolute Gasteiger partial charge is 0.306 e. The van der Waals surface area contributed by atoms with Crippen molar-refractivity contribution >= 4 is 17.9 Å². The van der Waals surface area contributed by atoms with E-state index in [-0.39, 0.29) is 31.1 Å². The second-order valence-corrected chi connectivity index (χ2v) is 17.4. The highest BCUT2D eigenvalue weighted by Gasteiger charge is 2.19. The van der Waals surface area contributed by atoms with Crippen LogP contribution in [0.2, 0.25) is 0 Å². The molecule has 342 valence electrons. The van der Waals surface area contributed by atoms with Crippen molar-refractivity contribution in [1.82, 2.24) is 0 Å². The summed E-state index contributed by atoms with van der Waals surface area (Å²) in [6.45, 7) is 6.65. The fraction of sp³-hybridized carbons (Fsp3) is 0.904. The normalized spacial score (nSPS) is 12.0. The van der Waals surface area contributed by atoms with Crippen molar-refractivity contribution in [2.24, 2.45) is 0 Å². The topological polar surface area (TPSA) is 78.9 Å². The predicted molar refractivity (Wildman–Crippen MR) is 247 cm³/mol. The van der Waals surface area contributed by atoms with Crippen LogP contribution in [-0.4, -0.2) is 37.2 Å². The Labute approximate surface area is 360 Å². The van der Waals surface area contributed by atoms with Gasteiger partial charge in [0, 0.05) is 19.3 Å². The van der Waals surface area contributed by atoms with E-state index in [0.29, 0.717) is 19.3 Å². The van der Waals surface area contributed by atoms with E-state index in [4.69, 9.17) is 14.2 Å². The van der Waals surface area contributed by atoms with Crippen molar-refractivity contribution in [1.29, 1.82) is 0 Å². The SMILES string of the molecule is CCCCCCCCC/C=C\CCCCCCCCCC(=O)OCC(COC(=O)CCCCCCCCCCCC)OC(=O)CCCCCCCCCCCCCC. The molecule has 0 fully saturated rings. The molecule has 0 aromatic rings. The van der Waals surface area contributed by atoms with Gasteiger partial charge in [0.05, 0.1) is 0 Å². The zero-order valence-corrected chi connectivity index (χ0v) is 39.1. The summed E-state index contributed by atoms with van der Waals surface area (Å²) in [7, 11) is 0. The van der Waals surface area contributed by atoms with E-state index < -0.39 is 6.10 Å². The van der Waals surface area contributed by atoms with Gasteiger partial charge in [0.25, 0.3) is 0 Å². The second-order valence-electron chi connectivity index (χ2n) is 17.4. The molecule has 0 radical (unpaired) electrons. The fourth-order valence-electron chi connectivity index (χ4n) is 7.61. The molecule has 58 heavy (non-hydrogen) atoms. The molecule has 0 amide bonds. The van der Waals surface area contributed by atoms with E-state index in [1.54, 1.807) is 0 Å². The summed E-state index contributed by atoms with van der Waals surface area (Å²) in [6.07, 6.45) is 51.9. The second kappa shape index (κ2) is 47.8. The number of carbonyl (C=O) groups excluding carboxylic acids is 3. The first-order valence-corrected chi connectivity index (χ1v) is 25.7. The largest absolute Gasteiger partial charge is 0.462 e. The summed E-state index contributed by atoms with van der Waals surface area (Å²) in [5.41, 5.74) is 0. The summed E-state index contributed by atoms with van der Waals surface area (Å²) >= 11 is 0. The number of hydrogen-bond acceptors (Lipinski definition) is 6. The third-order valence-corrected chi connectivity index (χ3v) is 11.5. The molecule has 0 bridgehead atoms. The van der Waals surface area contributed by atoms with Crippen molar-refractivity contribution in [3.05, 3.63) is 12.2 Å². The van der Waals surface area contributed by atoms with Crippen LogP contribution in [0.5, 0.6) is 0 Å². The minimum atomic E-state index is -0.763. The molecule has 0 heterocycles. The zero-order valence-electron chi connectivity index (χ0n) is 39.1. The molecule has 6 nitrogen and oxygen atoms in total. The van der Waals surface area contributed by atoms with Crippen LogP contribution in [0.15, 0.2) is 12.2 Å². The van der Waals surface area contributed by atoms with Gasteiger partial charge in [-0.1, -0.05) is 232 Å². The monoisotopic (exact) mass is 819 g/mol. The fourth-order valence-corrected chi connectivity index (χ4v) is 7.61. The van der Waals surface area contributed by atoms with Gasteiger partial charge in [-0.15, -0.1) is 0 Å². The summed E-state index contributed by atoms with van der Waals surface area (Å²) < 4.78 is 16.8. The molecule has 6 heteroatoms. The molecule has 0 rings (SSSR count). The third-order valence-electron chi connectivity index (χ3n) is 11.5. The van der Waals surface area contributed by atoms with Crippen molar-refractivity contribution in [2.75, 3.05) is 13.2 Å². The predicted octanol–water partition coefficient (Wildman–Crippen LogP) is 16.6. The van der Waals surface area contributed by atoms with Gasteiger partial charge in [0.15, 0.2) is 6.10 Å². The molecule has 0 saturated carbocycles. The number of ether oxygens (including phenoxy) is 3. The first kappa shape index (κ1) is 56.1. The minimum Gasteiger partial charge on any atom is -0.462 e. The van der Waals surface area contributed by atoms with Crippen LogP contribution >= 0.6 is 0 Å². The zero-order chi connectivity index (χ0) is 42.3. The maximum absolute atomic E-state index is 12.7. The quantitative estimate of drug-likeness (QED) is 0.0263. The van der Waals surface area contributed by atoms with Crippen LogP contribution in [0.4, 0.5) is 0 Å². The van der Waals surface area contributed by atoms with Gasteiger partial charge in [-0.25, -0.2) is 0 Å². The number of hydrogen-bond donors (Lipinski definition) is 0. The van der Waals surface area contributed by atoms with Gasteiger partial charge in [-0.3, -0.25) is 14.4 Å². The highest BCUT2D eigenvalue weighted by atomic mass is 16.6. The van der Waals surface area contributed by atoms with E-state index in [2.05, 4.69) is 32.9 Å². The molecule has 0 aromatic heterocycles. The molecular weight excluding hydrogens is 721 g/mol. The molecule has 0 aromatic carbocycles. The maximum atomic E-state index is 12.7. The van der Waals surface area contributed by atoms with E-state index in [0.717, 1.165) is 57.8 Å². The van der Waals surface area contributed by atoms with E-state index in [9.17, 15) is 14.4 Å². The van der Waals surface area contributed by atoms with Gasteiger partial charge in [0.2, 0.25) is 0 Å². The molecule has 1 atom stereocenters. The molecule has 1 unspecified atom stereocenters.